The van der Waals surface area contributed by atoms with Crippen LogP contribution >= 0.6 is 0 Å². The molecule has 4 nitrogen and oxygen atoms in total. The van der Waals surface area contributed by atoms with Gasteiger partial charge in [-0.2, -0.15) is 5.26 Å². The summed E-state index contributed by atoms with van der Waals surface area (Å²) in [5.41, 5.74) is 0.122. The predicted octanol–water partition coefficient (Wildman–Crippen LogP) is 3.61. The van der Waals surface area contributed by atoms with Crippen LogP contribution in [0, 0.1) is 16.7 Å². The van der Waals surface area contributed by atoms with Gasteiger partial charge in [0.25, 0.3) is 0 Å². The normalized spacial score (nSPS) is 15.4. The minimum absolute atomic E-state index is 0.0732. The van der Waals surface area contributed by atoms with Crippen LogP contribution in [0.2, 0.25) is 0 Å². The number of carbonyl (C=O) groups is 1. The Hall–Kier alpha value is -2.54. The lowest BCUT2D eigenvalue weighted by molar-refractivity contribution is 0.0693. The molecule has 4 heteroatoms. The highest BCUT2D eigenvalue weighted by molar-refractivity contribution is 6.06. The minimum atomic E-state index is -0.994. The smallest absolute Gasteiger partial charge is 0.340 e. The number of aromatic carboxylic acids is 1. The van der Waals surface area contributed by atoms with Gasteiger partial charge in [0.2, 0.25) is 0 Å². The number of ether oxygens (including phenoxy) is 1. The second-order valence-corrected chi connectivity index (χ2v) is 5.59. The third-order valence-electron chi connectivity index (χ3n) is 4.05. The van der Waals surface area contributed by atoms with Crippen molar-refractivity contribution < 1.29 is 14.6 Å². The first-order valence-corrected chi connectivity index (χ1v) is 6.90. The van der Waals surface area contributed by atoms with E-state index in [0.29, 0.717) is 24.2 Å². The van der Waals surface area contributed by atoms with Crippen LogP contribution < -0.4 is 4.74 Å². The van der Waals surface area contributed by atoms with Crippen LogP contribution in [0.3, 0.4) is 0 Å². The van der Waals surface area contributed by atoms with E-state index in [0.717, 1.165) is 18.2 Å². The summed E-state index contributed by atoms with van der Waals surface area (Å²) in [6, 6.07) is 13.1. The summed E-state index contributed by atoms with van der Waals surface area (Å²) >= 11 is 0. The van der Waals surface area contributed by atoms with Crippen molar-refractivity contribution in [3.8, 4) is 11.8 Å². The van der Waals surface area contributed by atoms with Crippen molar-refractivity contribution >= 4 is 16.7 Å². The van der Waals surface area contributed by atoms with E-state index in [1.54, 1.807) is 12.1 Å². The summed E-state index contributed by atoms with van der Waals surface area (Å²) in [6.07, 6.45) is 2.40. The molecule has 0 atom stereocenters. The zero-order valence-electron chi connectivity index (χ0n) is 11.5. The summed E-state index contributed by atoms with van der Waals surface area (Å²) in [5, 5.41) is 19.9. The van der Waals surface area contributed by atoms with E-state index in [1.807, 2.05) is 24.3 Å². The molecule has 0 aromatic heterocycles. The molecule has 0 radical (unpaired) electrons. The lowest BCUT2D eigenvalue weighted by Gasteiger charge is -2.15. The van der Waals surface area contributed by atoms with Gasteiger partial charge in [-0.05, 0) is 29.7 Å². The Balaban J connectivity index is 1.93. The lowest BCUT2D eigenvalue weighted by atomic mass is 10.0. The maximum absolute atomic E-state index is 11.6. The Labute approximate surface area is 122 Å². The van der Waals surface area contributed by atoms with Crippen LogP contribution in [0.5, 0.6) is 5.75 Å². The largest absolute Gasteiger partial charge is 0.492 e. The number of carboxylic acids is 1. The van der Waals surface area contributed by atoms with E-state index in [-0.39, 0.29) is 11.0 Å². The number of hydrogen-bond donors (Lipinski definition) is 1. The second-order valence-electron chi connectivity index (χ2n) is 5.59. The molecule has 1 N–H and O–H groups in total. The number of nitrogens with zero attached hydrogens (tertiary/aromatic N) is 1. The highest BCUT2D eigenvalue weighted by atomic mass is 16.5. The van der Waals surface area contributed by atoms with Crippen molar-refractivity contribution in [1.29, 1.82) is 5.26 Å². The fourth-order valence-corrected chi connectivity index (χ4v) is 2.54. The highest BCUT2D eigenvalue weighted by Crippen LogP contribution is 2.49. The van der Waals surface area contributed by atoms with Gasteiger partial charge in [-0.25, -0.2) is 4.79 Å². The van der Waals surface area contributed by atoms with E-state index < -0.39 is 5.97 Å². The second kappa shape index (κ2) is 5.10. The van der Waals surface area contributed by atoms with Crippen LogP contribution in [-0.2, 0) is 0 Å². The van der Waals surface area contributed by atoms with E-state index in [1.165, 1.54) is 0 Å². The number of nitriles is 1. The summed E-state index contributed by atoms with van der Waals surface area (Å²) in [7, 11) is 0. The summed E-state index contributed by atoms with van der Waals surface area (Å²) in [5.74, 6) is -0.614. The first-order chi connectivity index (χ1) is 10.2. The molecule has 0 amide bonds. The maximum atomic E-state index is 11.6. The van der Waals surface area contributed by atoms with Gasteiger partial charge in [0, 0.05) is 11.8 Å². The molecule has 0 aliphatic heterocycles. The van der Waals surface area contributed by atoms with Gasteiger partial charge in [-0.15, -0.1) is 0 Å². The average Bonchev–Trinajstić information content (AvgIpc) is 3.24. The fraction of sp³-hybridized carbons (Fsp3) is 0.294. The standard InChI is InChI=1S/C17H15NO3/c18-10-9-17(7-8-17)11-21-14-6-5-12-3-1-2-4-13(12)15(14)16(19)20/h1-6H,7-9,11H2,(H,19,20). The molecule has 1 saturated carbocycles. The molecule has 1 fully saturated rings. The van der Waals surface area contributed by atoms with Gasteiger partial charge in [0.15, 0.2) is 0 Å². The Morgan fingerprint density at radius 1 is 1.29 bits per heavy atom. The zero-order chi connectivity index (χ0) is 14.9. The number of benzene rings is 2. The van der Waals surface area contributed by atoms with E-state index in [2.05, 4.69) is 6.07 Å². The molecule has 3 rings (SSSR count). The van der Waals surface area contributed by atoms with Gasteiger partial charge in [-0.1, -0.05) is 30.3 Å². The van der Waals surface area contributed by atoms with Crippen molar-refractivity contribution in [3.05, 3.63) is 42.0 Å². The SMILES string of the molecule is N#CCC1(COc2ccc3ccccc3c2C(=O)O)CC1. The van der Waals surface area contributed by atoms with Crippen molar-refractivity contribution in [1.82, 2.24) is 0 Å². The Morgan fingerprint density at radius 2 is 2.05 bits per heavy atom. The molecule has 0 bridgehead atoms. The van der Waals surface area contributed by atoms with Crippen molar-refractivity contribution in [3.63, 3.8) is 0 Å². The predicted molar refractivity (Wildman–Crippen MR) is 78.3 cm³/mol. The fourth-order valence-electron chi connectivity index (χ4n) is 2.54. The van der Waals surface area contributed by atoms with Crippen LogP contribution in [0.25, 0.3) is 10.8 Å². The molecule has 1 aliphatic rings. The third kappa shape index (κ3) is 2.55. The van der Waals surface area contributed by atoms with E-state index in [9.17, 15) is 9.90 Å². The average molecular weight is 281 g/mol. The third-order valence-corrected chi connectivity index (χ3v) is 4.05. The molecular weight excluding hydrogens is 266 g/mol. The summed E-state index contributed by atoms with van der Waals surface area (Å²) < 4.78 is 5.75. The maximum Gasteiger partial charge on any atom is 0.340 e. The number of rotatable bonds is 5. The molecule has 106 valence electrons. The molecule has 2 aromatic carbocycles. The summed E-state index contributed by atoms with van der Waals surface area (Å²) in [6.45, 7) is 0.402. The van der Waals surface area contributed by atoms with Gasteiger partial charge in [0.05, 0.1) is 12.7 Å². The Kier molecular flexibility index (Phi) is 3.26. The molecule has 0 saturated heterocycles. The van der Waals surface area contributed by atoms with E-state index in [4.69, 9.17) is 10.00 Å². The first kappa shape index (κ1) is 13.4. The molecule has 21 heavy (non-hydrogen) atoms. The van der Waals surface area contributed by atoms with Crippen LogP contribution in [0.4, 0.5) is 0 Å². The molecule has 0 heterocycles. The van der Waals surface area contributed by atoms with Crippen LogP contribution in [0.1, 0.15) is 29.6 Å². The quantitative estimate of drug-likeness (QED) is 0.908. The Morgan fingerprint density at radius 3 is 2.71 bits per heavy atom. The van der Waals surface area contributed by atoms with Gasteiger partial charge in [0.1, 0.15) is 11.3 Å². The van der Waals surface area contributed by atoms with Crippen molar-refractivity contribution in [2.45, 2.75) is 19.3 Å². The number of hydrogen-bond acceptors (Lipinski definition) is 3. The summed E-state index contributed by atoms with van der Waals surface area (Å²) in [4.78, 5) is 11.6. The monoisotopic (exact) mass is 281 g/mol. The number of carboxylic acid groups (broad SMARTS) is 1. The molecule has 0 unspecified atom stereocenters. The van der Waals surface area contributed by atoms with Crippen molar-refractivity contribution in [2.24, 2.45) is 5.41 Å². The first-order valence-electron chi connectivity index (χ1n) is 6.90. The number of fused-ring (bicyclic) bond motifs is 1. The molecular formula is C17H15NO3. The van der Waals surface area contributed by atoms with Crippen LogP contribution in [0.15, 0.2) is 36.4 Å². The molecule has 0 spiro atoms. The van der Waals surface area contributed by atoms with Gasteiger partial charge >= 0.3 is 5.97 Å². The van der Waals surface area contributed by atoms with Gasteiger partial charge < -0.3 is 9.84 Å². The van der Waals surface area contributed by atoms with Crippen LogP contribution in [-0.4, -0.2) is 17.7 Å². The highest BCUT2D eigenvalue weighted by Gasteiger charge is 2.43. The Bertz CT molecular complexity index is 741. The zero-order valence-corrected chi connectivity index (χ0v) is 11.5. The minimum Gasteiger partial charge on any atom is -0.492 e. The van der Waals surface area contributed by atoms with E-state index >= 15 is 0 Å². The molecule has 1 aliphatic carbocycles. The van der Waals surface area contributed by atoms with Gasteiger partial charge in [-0.3, -0.25) is 0 Å². The molecule has 2 aromatic rings. The van der Waals surface area contributed by atoms with Crippen molar-refractivity contribution in [2.75, 3.05) is 6.61 Å². The lowest BCUT2D eigenvalue weighted by Crippen LogP contribution is -2.14. The topological polar surface area (TPSA) is 70.3 Å².